The number of carbonyl (C=O) groups is 1. The maximum Gasteiger partial charge on any atom is 0.303 e. The molecule has 0 rings (SSSR count). The third kappa shape index (κ3) is 6.98. The van der Waals surface area contributed by atoms with Crippen molar-refractivity contribution >= 4 is 5.97 Å². The smallest absolute Gasteiger partial charge is 0.303 e. The highest BCUT2D eigenvalue weighted by Crippen LogP contribution is 1.95. The largest absolute Gasteiger partial charge is 0.449 e. The van der Waals surface area contributed by atoms with Gasteiger partial charge < -0.3 is 9.64 Å². The van der Waals surface area contributed by atoms with Gasteiger partial charge >= 0.3 is 5.97 Å². The van der Waals surface area contributed by atoms with Crippen LogP contribution in [-0.4, -0.2) is 31.7 Å². The molecule has 1 N–H and O–H groups in total. The van der Waals surface area contributed by atoms with Crippen molar-refractivity contribution in [3.63, 3.8) is 0 Å². The van der Waals surface area contributed by atoms with Gasteiger partial charge in [-0.15, -0.1) is 0 Å². The molecule has 1 unspecified atom stereocenters. The molecule has 0 radical (unpaired) electrons. The predicted molar refractivity (Wildman–Crippen MR) is 60.5 cm³/mol. The summed E-state index contributed by atoms with van der Waals surface area (Å²) in [7, 11) is 0. The van der Waals surface area contributed by atoms with E-state index in [4.69, 9.17) is 4.74 Å². The lowest BCUT2D eigenvalue weighted by atomic mass is 10.3. The van der Waals surface area contributed by atoms with E-state index >= 15 is 0 Å². The maximum absolute atomic E-state index is 10.7. The molecule has 0 aromatic heterocycles. The van der Waals surface area contributed by atoms with Crippen LogP contribution in [0.25, 0.3) is 0 Å². The van der Waals surface area contributed by atoms with Crippen LogP contribution in [0.4, 0.5) is 0 Å². The normalized spacial score (nSPS) is 11.8. The quantitative estimate of drug-likeness (QED) is 0.523. The fourth-order valence-corrected chi connectivity index (χ4v) is 1.21. The summed E-state index contributed by atoms with van der Waals surface area (Å²) < 4.78 is 5.03. The van der Waals surface area contributed by atoms with Crippen LogP contribution in [0.2, 0.25) is 0 Å². The van der Waals surface area contributed by atoms with E-state index in [-0.39, 0.29) is 12.1 Å². The highest BCUT2D eigenvalue weighted by molar-refractivity contribution is 5.66. The summed E-state index contributed by atoms with van der Waals surface area (Å²) in [4.78, 5) is 12.2. The number of nitrogens with one attached hydrogen (secondary N) is 1. The zero-order valence-electron chi connectivity index (χ0n) is 10.2. The van der Waals surface area contributed by atoms with Crippen molar-refractivity contribution in [1.29, 1.82) is 0 Å². The predicted octanol–water partition coefficient (Wildman–Crippen LogP) is 0.256. The van der Waals surface area contributed by atoms with Crippen molar-refractivity contribution in [2.75, 3.05) is 19.6 Å². The van der Waals surface area contributed by atoms with Crippen molar-refractivity contribution in [3.05, 3.63) is 0 Å². The molecule has 0 aliphatic heterocycles. The summed E-state index contributed by atoms with van der Waals surface area (Å²) in [5.74, 6) is 5.81. The van der Waals surface area contributed by atoms with Crippen molar-refractivity contribution < 1.29 is 14.4 Å². The van der Waals surface area contributed by atoms with E-state index in [1.165, 1.54) is 11.8 Å². The Labute approximate surface area is 92.8 Å². The van der Waals surface area contributed by atoms with Crippen LogP contribution in [0, 0.1) is 11.8 Å². The lowest BCUT2D eigenvalue weighted by Gasteiger charge is -2.11. The van der Waals surface area contributed by atoms with Crippen LogP contribution < -0.4 is 4.90 Å². The summed E-state index contributed by atoms with van der Waals surface area (Å²) in [6.45, 7) is 10.6. The van der Waals surface area contributed by atoms with E-state index in [1.807, 2.05) is 6.92 Å². The minimum absolute atomic E-state index is 0.238. The highest BCUT2D eigenvalue weighted by Gasteiger charge is 2.05. The van der Waals surface area contributed by atoms with Gasteiger partial charge in [-0.25, -0.2) is 0 Å². The second-order valence-corrected chi connectivity index (χ2v) is 3.46. The zero-order chi connectivity index (χ0) is 11.7. The van der Waals surface area contributed by atoms with E-state index in [9.17, 15) is 4.79 Å². The van der Waals surface area contributed by atoms with Gasteiger partial charge in [0.15, 0.2) is 6.10 Å². The zero-order valence-corrected chi connectivity index (χ0v) is 10.2. The van der Waals surface area contributed by atoms with Gasteiger partial charge in [-0.2, -0.15) is 0 Å². The van der Waals surface area contributed by atoms with E-state index in [0.717, 1.165) is 26.1 Å². The van der Waals surface area contributed by atoms with Gasteiger partial charge in [-0.3, -0.25) is 4.79 Å². The summed E-state index contributed by atoms with van der Waals surface area (Å²) in [5.41, 5.74) is 0. The maximum atomic E-state index is 10.7. The van der Waals surface area contributed by atoms with Gasteiger partial charge in [-0.05, 0) is 26.2 Å². The second-order valence-electron chi connectivity index (χ2n) is 3.46. The molecule has 0 fully saturated rings. The Hall–Kier alpha value is -1.01. The van der Waals surface area contributed by atoms with E-state index in [2.05, 4.69) is 25.7 Å². The molecule has 0 aromatic rings. The Kier molecular flexibility index (Phi) is 7.75. The molecule has 15 heavy (non-hydrogen) atoms. The Balaban J connectivity index is 4.05. The highest BCUT2D eigenvalue weighted by atomic mass is 16.5. The third-order valence-electron chi connectivity index (χ3n) is 2.28. The number of rotatable bonds is 5. The number of carbonyl (C=O) groups excluding carboxylic acids is 1. The van der Waals surface area contributed by atoms with Gasteiger partial charge in [0, 0.05) is 6.92 Å². The van der Waals surface area contributed by atoms with Crippen LogP contribution in [0.15, 0.2) is 0 Å². The van der Waals surface area contributed by atoms with Crippen molar-refractivity contribution in [1.82, 2.24) is 0 Å². The molecule has 3 nitrogen and oxygen atoms in total. The molecule has 1 atom stereocenters. The number of hydrogen-bond donors (Lipinski definition) is 1. The minimum atomic E-state index is -0.258. The molecule has 0 aliphatic carbocycles. The SMILES string of the molecule is CCC(C#CC[NH+](CC)CC)OC(C)=O. The van der Waals surface area contributed by atoms with Crippen molar-refractivity contribution in [3.8, 4) is 11.8 Å². The molecule has 0 saturated carbocycles. The minimum Gasteiger partial charge on any atom is -0.449 e. The molecule has 86 valence electrons. The Morgan fingerprint density at radius 1 is 1.33 bits per heavy atom. The number of hydrogen-bond acceptors (Lipinski definition) is 2. The van der Waals surface area contributed by atoms with Crippen LogP contribution in [0.3, 0.4) is 0 Å². The molecule has 0 spiro atoms. The fraction of sp³-hybridized carbons (Fsp3) is 0.750. The first-order valence-electron chi connectivity index (χ1n) is 5.63. The first-order chi connectivity index (χ1) is 7.13. The van der Waals surface area contributed by atoms with Crippen molar-refractivity contribution in [2.45, 2.75) is 40.2 Å². The molecule has 0 bridgehead atoms. The number of quaternary nitrogens is 1. The molecular weight excluding hydrogens is 190 g/mol. The van der Waals surface area contributed by atoms with E-state index < -0.39 is 0 Å². The Morgan fingerprint density at radius 2 is 1.93 bits per heavy atom. The third-order valence-corrected chi connectivity index (χ3v) is 2.28. The van der Waals surface area contributed by atoms with Gasteiger partial charge in [-0.1, -0.05) is 12.8 Å². The molecular formula is C12H22NO2+. The molecule has 0 amide bonds. The first kappa shape index (κ1) is 14.0. The second kappa shape index (κ2) is 8.31. The standard InChI is InChI=1S/C12H21NO2/c1-5-12(15-11(4)14)9-8-10-13(6-2)7-3/h12H,5-7,10H2,1-4H3/p+1. The average Bonchev–Trinajstić information content (AvgIpc) is 2.22. The van der Waals surface area contributed by atoms with Crippen LogP contribution >= 0.6 is 0 Å². The lowest BCUT2D eigenvalue weighted by Crippen LogP contribution is -3.11. The molecule has 0 heterocycles. The molecule has 0 aromatic carbocycles. The van der Waals surface area contributed by atoms with Crippen molar-refractivity contribution in [2.24, 2.45) is 0 Å². The van der Waals surface area contributed by atoms with Gasteiger partial charge in [0.2, 0.25) is 0 Å². The first-order valence-corrected chi connectivity index (χ1v) is 5.63. The number of ether oxygens (including phenoxy) is 1. The topological polar surface area (TPSA) is 30.7 Å². The molecule has 0 aliphatic rings. The summed E-state index contributed by atoms with van der Waals surface area (Å²) in [6.07, 6.45) is 0.512. The molecule has 0 saturated heterocycles. The Bertz CT molecular complexity index is 236. The monoisotopic (exact) mass is 212 g/mol. The van der Waals surface area contributed by atoms with Gasteiger partial charge in [0.25, 0.3) is 0 Å². The lowest BCUT2D eigenvalue weighted by molar-refractivity contribution is -0.889. The van der Waals surface area contributed by atoms with Crippen LogP contribution in [0.1, 0.15) is 34.1 Å². The van der Waals surface area contributed by atoms with E-state index in [0.29, 0.717) is 0 Å². The fourth-order valence-electron chi connectivity index (χ4n) is 1.21. The summed E-state index contributed by atoms with van der Waals surface area (Å²) in [6, 6.07) is 0. The average molecular weight is 212 g/mol. The number of esters is 1. The summed E-state index contributed by atoms with van der Waals surface area (Å²) in [5, 5.41) is 0. The van der Waals surface area contributed by atoms with Crippen LogP contribution in [-0.2, 0) is 9.53 Å². The van der Waals surface area contributed by atoms with Gasteiger partial charge in [0.1, 0.15) is 6.54 Å². The molecule has 3 heteroatoms. The van der Waals surface area contributed by atoms with Gasteiger partial charge in [0.05, 0.1) is 13.1 Å². The summed E-state index contributed by atoms with van der Waals surface area (Å²) >= 11 is 0. The van der Waals surface area contributed by atoms with Crippen LogP contribution in [0.5, 0.6) is 0 Å². The van der Waals surface area contributed by atoms with E-state index in [1.54, 1.807) is 0 Å². The Morgan fingerprint density at radius 3 is 2.33 bits per heavy atom.